The number of carbonyl (C=O) groups is 3. The highest BCUT2D eigenvalue weighted by Crippen LogP contribution is 2.11. The van der Waals surface area contributed by atoms with Gasteiger partial charge in [-0.05, 0) is 43.4 Å². The molecule has 0 aromatic carbocycles. The summed E-state index contributed by atoms with van der Waals surface area (Å²) in [4.78, 5) is 34.2. The Hall–Kier alpha value is -1.06. The molecule has 0 bridgehead atoms. The van der Waals surface area contributed by atoms with Crippen LogP contribution in [0.15, 0.2) is 0 Å². The third kappa shape index (κ3) is 9.82. The molecule has 20 heavy (non-hydrogen) atoms. The lowest BCUT2D eigenvalue weighted by Crippen LogP contribution is -2.27. The predicted octanol–water partition coefficient (Wildman–Crippen LogP) is 2.20. The van der Waals surface area contributed by atoms with Crippen molar-refractivity contribution < 1.29 is 33.3 Å². The van der Waals surface area contributed by atoms with Crippen LogP contribution in [0.3, 0.4) is 0 Å². The maximum Gasteiger partial charge on any atom is 0.509 e. The lowest BCUT2D eigenvalue weighted by atomic mass is 10.2. The zero-order valence-electron chi connectivity index (χ0n) is 11.7. The summed E-state index contributed by atoms with van der Waals surface area (Å²) in [5.41, 5.74) is 0. The van der Waals surface area contributed by atoms with Crippen LogP contribution in [0.1, 0.15) is 33.6 Å². The van der Waals surface area contributed by atoms with Crippen LogP contribution >= 0.6 is 22.6 Å². The molecule has 0 rings (SSSR count). The number of halogens is 1. The predicted molar refractivity (Wildman–Crippen MR) is 77.3 cm³/mol. The molecule has 0 spiro atoms. The van der Waals surface area contributed by atoms with Crippen LogP contribution in [0.5, 0.6) is 0 Å². The smallest absolute Gasteiger partial charge is 0.466 e. The Balaban J connectivity index is 4.48. The van der Waals surface area contributed by atoms with Crippen molar-refractivity contribution in [3.05, 3.63) is 0 Å². The van der Waals surface area contributed by atoms with Gasteiger partial charge in [-0.15, -0.1) is 0 Å². The molecular formula is C12H19IO7. The van der Waals surface area contributed by atoms with E-state index >= 15 is 0 Å². The van der Waals surface area contributed by atoms with E-state index in [0.29, 0.717) is 0 Å². The zero-order valence-corrected chi connectivity index (χ0v) is 13.9. The lowest BCUT2D eigenvalue weighted by Gasteiger charge is -2.16. The average Bonchev–Trinajstić information content (AvgIpc) is 2.27. The monoisotopic (exact) mass is 402 g/mol. The fourth-order valence-electron chi connectivity index (χ4n) is 1.26. The molecule has 0 heterocycles. The van der Waals surface area contributed by atoms with Crippen LogP contribution < -0.4 is 0 Å². The Morgan fingerprint density at radius 3 is 1.75 bits per heavy atom. The Kier molecular flexibility index (Phi) is 10.1. The quantitative estimate of drug-likeness (QED) is 0.266. The first kappa shape index (κ1) is 18.9. The lowest BCUT2D eigenvalue weighted by molar-refractivity contribution is -0.149. The number of esters is 2. The number of alkyl halides is 1. The first-order valence-corrected chi connectivity index (χ1v) is 7.46. The van der Waals surface area contributed by atoms with E-state index in [1.54, 1.807) is 20.8 Å². The summed E-state index contributed by atoms with van der Waals surface area (Å²) >= 11 is 1.88. The second-order valence-corrected chi connectivity index (χ2v) is 5.42. The van der Waals surface area contributed by atoms with E-state index in [9.17, 15) is 14.4 Å². The summed E-state index contributed by atoms with van der Waals surface area (Å²) in [5, 5.41) is 0. The van der Waals surface area contributed by atoms with Crippen molar-refractivity contribution in [2.75, 3.05) is 13.2 Å². The van der Waals surface area contributed by atoms with Gasteiger partial charge in [0.2, 0.25) is 0 Å². The second-order valence-electron chi connectivity index (χ2n) is 3.67. The fourth-order valence-corrected chi connectivity index (χ4v) is 1.47. The Labute approximate surface area is 131 Å². The highest BCUT2D eigenvalue weighted by Gasteiger charge is 2.24. The molecule has 0 aromatic heterocycles. The highest BCUT2D eigenvalue weighted by molar-refractivity contribution is 14.1. The standard InChI is InChI=1S/C12H19IO7/c1-4-17-10(14)6-9(7-11(15)18-5-2)20-12(16)19-8(3)13/h8-9H,4-7H2,1-3H3. The third-order valence-corrected chi connectivity index (χ3v) is 2.18. The summed E-state index contributed by atoms with van der Waals surface area (Å²) < 4.78 is 18.8. The molecule has 1 unspecified atom stereocenters. The highest BCUT2D eigenvalue weighted by atomic mass is 127. The van der Waals surface area contributed by atoms with Gasteiger partial charge in [0.1, 0.15) is 6.10 Å². The molecule has 0 aromatic rings. The molecule has 0 N–H and O–H groups in total. The van der Waals surface area contributed by atoms with Gasteiger partial charge in [-0.3, -0.25) is 9.59 Å². The van der Waals surface area contributed by atoms with Crippen molar-refractivity contribution in [2.24, 2.45) is 0 Å². The van der Waals surface area contributed by atoms with Gasteiger partial charge in [0.25, 0.3) is 0 Å². The zero-order chi connectivity index (χ0) is 15.5. The Bertz CT molecular complexity index is 310. The molecule has 0 aliphatic rings. The van der Waals surface area contributed by atoms with Crippen molar-refractivity contribution in [2.45, 2.75) is 43.8 Å². The van der Waals surface area contributed by atoms with Gasteiger partial charge in [0.05, 0.1) is 26.1 Å². The fraction of sp³-hybridized carbons (Fsp3) is 0.750. The van der Waals surface area contributed by atoms with Gasteiger partial charge in [-0.1, -0.05) is 0 Å². The van der Waals surface area contributed by atoms with Crippen LogP contribution in [-0.2, 0) is 28.5 Å². The molecule has 116 valence electrons. The number of carbonyl (C=O) groups excluding carboxylic acids is 3. The minimum absolute atomic E-state index is 0.209. The summed E-state index contributed by atoms with van der Waals surface area (Å²) in [6.45, 7) is 5.38. The first-order valence-electron chi connectivity index (χ1n) is 6.21. The molecule has 0 aliphatic carbocycles. The van der Waals surface area contributed by atoms with Gasteiger partial charge in [0.15, 0.2) is 4.11 Å². The number of ether oxygens (including phenoxy) is 4. The van der Waals surface area contributed by atoms with E-state index in [-0.39, 0.29) is 30.2 Å². The molecular weight excluding hydrogens is 383 g/mol. The largest absolute Gasteiger partial charge is 0.509 e. The molecule has 8 heteroatoms. The molecule has 1 atom stereocenters. The van der Waals surface area contributed by atoms with Crippen molar-refractivity contribution in [3.63, 3.8) is 0 Å². The van der Waals surface area contributed by atoms with Crippen LogP contribution in [0.25, 0.3) is 0 Å². The molecule has 0 fully saturated rings. The second kappa shape index (κ2) is 10.7. The van der Waals surface area contributed by atoms with Crippen LogP contribution in [0, 0.1) is 0 Å². The Morgan fingerprint density at radius 2 is 1.40 bits per heavy atom. The maximum atomic E-state index is 11.4. The van der Waals surface area contributed by atoms with Crippen molar-refractivity contribution in [3.8, 4) is 0 Å². The van der Waals surface area contributed by atoms with Gasteiger partial charge >= 0.3 is 18.1 Å². The minimum Gasteiger partial charge on any atom is -0.466 e. The van der Waals surface area contributed by atoms with Crippen molar-refractivity contribution in [1.82, 2.24) is 0 Å². The minimum atomic E-state index is -0.962. The molecule has 0 saturated carbocycles. The topological polar surface area (TPSA) is 88.1 Å². The summed E-state index contributed by atoms with van der Waals surface area (Å²) in [6.07, 6.45) is -2.35. The van der Waals surface area contributed by atoms with Crippen LogP contribution in [-0.4, -0.2) is 41.5 Å². The third-order valence-electron chi connectivity index (χ3n) is 1.92. The Morgan fingerprint density at radius 1 is 0.950 bits per heavy atom. The van der Waals surface area contributed by atoms with E-state index < -0.39 is 24.2 Å². The van der Waals surface area contributed by atoms with E-state index in [1.165, 1.54) is 0 Å². The number of hydrogen-bond acceptors (Lipinski definition) is 7. The van der Waals surface area contributed by atoms with E-state index in [0.717, 1.165) is 0 Å². The van der Waals surface area contributed by atoms with Crippen molar-refractivity contribution in [1.29, 1.82) is 0 Å². The normalized spacial score (nSPS) is 11.7. The molecule has 0 saturated heterocycles. The number of hydrogen-bond donors (Lipinski definition) is 0. The summed E-state index contributed by atoms with van der Waals surface area (Å²) in [6, 6.07) is 0. The van der Waals surface area contributed by atoms with Gasteiger partial charge in [-0.25, -0.2) is 4.79 Å². The summed E-state index contributed by atoms with van der Waals surface area (Å²) in [7, 11) is 0. The SMILES string of the molecule is CCOC(=O)CC(CC(=O)OCC)OC(=O)OC(C)I. The van der Waals surface area contributed by atoms with Crippen LogP contribution in [0.4, 0.5) is 4.79 Å². The molecule has 7 nitrogen and oxygen atoms in total. The molecule has 0 amide bonds. The maximum absolute atomic E-state index is 11.4. The number of rotatable bonds is 8. The van der Waals surface area contributed by atoms with Gasteiger partial charge in [0, 0.05) is 0 Å². The van der Waals surface area contributed by atoms with E-state index in [4.69, 9.17) is 18.9 Å². The molecule has 0 radical (unpaired) electrons. The first-order chi connectivity index (χ1) is 9.38. The molecule has 0 aliphatic heterocycles. The van der Waals surface area contributed by atoms with Crippen molar-refractivity contribution >= 4 is 40.7 Å². The van der Waals surface area contributed by atoms with E-state index in [1.807, 2.05) is 22.6 Å². The van der Waals surface area contributed by atoms with Crippen LogP contribution in [0.2, 0.25) is 0 Å². The average molecular weight is 402 g/mol. The van der Waals surface area contributed by atoms with Gasteiger partial charge < -0.3 is 18.9 Å². The van der Waals surface area contributed by atoms with Gasteiger partial charge in [-0.2, -0.15) is 0 Å². The summed E-state index contributed by atoms with van der Waals surface area (Å²) in [5.74, 6) is -1.12. The van der Waals surface area contributed by atoms with E-state index in [2.05, 4.69) is 0 Å².